The lowest BCUT2D eigenvalue weighted by Crippen LogP contribution is -2.41. The van der Waals surface area contributed by atoms with Crippen LogP contribution >= 0.6 is 0 Å². The van der Waals surface area contributed by atoms with E-state index in [9.17, 15) is 13.6 Å². The minimum atomic E-state index is -2.82. The predicted molar refractivity (Wildman–Crippen MR) is 75.3 cm³/mol. The number of ether oxygens (including phenoxy) is 1. The first-order valence-electron chi connectivity index (χ1n) is 7.10. The topological polar surface area (TPSA) is 41.6 Å². The van der Waals surface area contributed by atoms with Crippen LogP contribution < -0.4 is 10.1 Å². The van der Waals surface area contributed by atoms with Gasteiger partial charge in [0.25, 0.3) is 0 Å². The highest BCUT2D eigenvalue weighted by Gasteiger charge is 2.19. The molecule has 0 unspecified atom stereocenters. The quantitative estimate of drug-likeness (QED) is 0.905. The highest BCUT2D eigenvalue weighted by atomic mass is 19.3. The van der Waals surface area contributed by atoms with Crippen LogP contribution in [0.1, 0.15) is 31.2 Å². The normalized spacial score (nSPS) is 15.2. The van der Waals surface area contributed by atoms with Crippen LogP contribution in [-0.4, -0.2) is 30.6 Å². The number of nitrogens with one attached hydrogen (secondary N) is 1. The maximum atomic E-state index is 12.0. The molecule has 1 saturated carbocycles. The summed E-state index contributed by atoms with van der Waals surface area (Å²) in [4.78, 5) is 13.6. The van der Waals surface area contributed by atoms with Gasteiger partial charge in [0.15, 0.2) is 0 Å². The number of rotatable bonds is 5. The molecule has 1 aromatic rings. The summed E-state index contributed by atoms with van der Waals surface area (Å²) in [7, 11) is 1.72. The molecule has 0 aromatic heterocycles. The smallest absolute Gasteiger partial charge is 0.387 e. The van der Waals surface area contributed by atoms with Gasteiger partial charge in [-0.05, 0) is 30.5 Å². The molecular formula is C15H20F2N2O2. The molecule has 0 radical (unpaired) electrons. The van der Waals surface area contributed by atoms with Crippen molar-refractivity contribution in [1.82, 2.24) is 10.2 Å². The molecule has 0 spiro atoms. The molecule has 1 aliphatic carbocycles. The van der Waals surface area contributed by atoms with E-state index < -0.39 is 6.61 Å². The molecular weight excluding hydrogens is 278 g/mol. The zero-order valence-electron chi connectivity index (χ0n) is 12.0. The molecule has 6 heteroatoms. The van der Waals surface area contributed by atoms with Crippen LogP contribution in [0.2, 0.25) is 0 Å². The Hall–Kier alpha value is -1.85. The number of carbonyl (C=O) groups excluding carboxylic acids is 1. The third-order valence-corrected chi connectivity index (χ3v) is 3.60. The largest absolute Gasteiger partial charge is 0.435 e. The monoisotopic (exact) mass is 298 g/mol. The Balaban J connectivity index is 1.83. The van der Waals surface area contributed by atoms with Crippen molar-refractivity contribution in [3.63, 3.8) is 0 Å². The van der Waals surface area contributed by atoms with Gasteiger partial charge < -0.3 is 15.0 Å². The van der Waals surface area contributed by atoms with Crippen molar-refractivity contribution in [3.05, 3.63) is 29.8 Å². The second-order valence-corrected chi connectivity index (χ2v) is 5.31. The van der Waals surface area contributed by atoms with Gasteiger partial charge in [-0.1, -0.05) is 25.0 Å². The molecule has 1 N–H and O–H groups in total. The summed E-state index contributed by atoms with van der Waals surface area (Å²) in [6.07, 6.45) is 4.42. The molecule has 2 rings (SSSR count). The molecule has 2 amide bonds. The fraction of sp³-hybridized carbons (Fsp3) is 0.533. The number of carbonyl (C=O) groups is 1. The average Bonchev–Trinajstić information content (AvgIpc) is 2.93. The lowest BCUT2D eigenvalue weighted by atomic mass is 10.2. The fourth-order valence-electron chi connectivity index (χ4n) is 2.48. The maximum absolute atomic E-state index is 12.0. The molecule has 0 atom stereocenters. The van der Waals surface area contributed by atoms with Gasteiger partial charge in [0.1, 0.15) is 5.75 Å². The number of amides is 2. The average molecular weight is 298 g/mol. The lowest BCUT2D eigenvalue weighted by Gasteiger charge is -2.21. The second kappa shape index (κ2) is 7.24. The van der Waals surface area contributed by atoms with E-state index in [2.05, 4.69) is 10.1 Å². The van der Waals surface area contributed by atoms with E-state index in [0.717, 1.165) is 18.4 Å². The third kappa shape index (κ3) is 4.88. The number of hydrogen-bond donors (Lipinski definition) is 1. The zero-order valence-corrected chi connectivity index (χ0v) is 12.0. The number of urea groups is 1. The molecule has 1 aromatic carbocycles. The standard InChI is InChI=1S/C15H20F2N2O2/c1-19(15(20)18-12-4-2-3-5-12)10-11-6-8-13(9-7-11)21-14(16)17/h6-9,12,14H,2-5,10H2,1H3,(H,18,20). The van der Waals surface area contributed by atoms with Gasteiger partial charge in [0, 0.05) is 19.6 Å². The molecule has 21 heavy (non-hydrogen) atoms. The summed E-state index contributed by atoms with van der Waals surface area (Å²) < 4.78 is 28.4. The SMILES string of the molecule is CN(Cc1ccc(OC(F)F)cc1)C(=O)NC1CCCC1. The van der Waals surface area contributed by atoms with Crippen molar-refractivity contribution < 1.29 is 18.3 Å². The van der Waals surface area contributed by atoms with Crippen molar-refractivity contribution in [2.24, 2.45) is 0 Å². The van der Waals surface area contributed by atoms with Gasteiger partial charge in [-0.3, -0.25) is 0 Å². The Kier molecular flexibility index (Phi) is 5.36. The van der Waals surface area contributed by atoms with Gasteiger partial charge in [-0.25, -0.2) is 4.79 Å². The Labute approximate surface area is 123 Å². The molecule has 0 bridgehead atoms. The van der Waals surface area contributed by atoms with Crippen molar-refractivity contribution in [2.45, 2.75) is 44.9 Å². The Morgan fingerprint density at radius 3 is 2.52 bits per heavy atom. The molecule has 1 aliphatic rings. The van der Waals surface area contributed by atoms with Crippen LogP contribution in [0.4, 0.5) is 13.6 Å². The highest BCUT2D eigenvalue weighted by molar-refractivity contribution is 5.74. The summed E-state index contributed by atoms with van der Waals surface area (Å²) in [5, 5.41) is 3.00. The molecule has 116 valence electrons. The second-order valence-electron chi connectivity index (χ2n) is 5.31. The van der Waals surface area contributed by atoms with Crippen molar-refractivity contribution in [1.29, 1.82) is 0 Å². The Bertz CT molecular complexity index is 459. The van der Waals surface area contributed by atoms with Crippen LogP contribution in [0.15, 0.2) is 24.3 Å². The van der Waals surface area contributed by atoms with Crippen LogP contribution in [0.5, 0.6) is 5.75 Å². The summed E-state index contributed by atoms with van der Waals surface area (Å²) in [5.74, 6) is 0.117. The summed E-state index contributed by atoms with van der Waals surface area (Å²) in [5.41, 5.74) is 0.862. The van der Waals surface area contributed by atoms with Crippen molar-refractivity contribution >= 4 is 6.03 Å². The summed E-state index contributed by atoms with van der Waals surface area (Å²) >= 11 is 0. The third-order valence-electron chi connectivity index (χ3n) is 3.60. The zero-order chi connectivity index (χ0) is 15.2. The van der Waals surface area contributed by atoms with E-state index in [4.69, 9.17) is 0 Å². The van der Waals surface area contributed by atoms with E-state index in [0.29, 0.717) is 6.54 Å². The van der Waals surface area contributed by atoms with E-state index in [1.807, 2.05) is 0 Å². The van der Waals surface area contributed by atoms with Gasteiger partial charge >= 0.3 is 12.6 Å². The minimum absolute atomic E-state index is 0.102. The number of alkyl halides is 2. The first-order valence-corrected chi connectivity index (χ1v) is 7.10. The number of halogens is 2. The van der Waals surface area contributed by atoms with Crippen LogP contribution in [0.25, 0.3) is 0 Å². The summed E-state index contributed by atoms with van der Waals surface area (Å²) in [6.45, 7) is -2.40. The lowest BCUT2D eigenvalue weighted by molar-refractivity contribution is -0.0498. The summed E-state index contributed by atoms with van der Waals surface area (Å²) in [6, 6.07) is 6.49. The highest BCUT2D eigenvalue weighted by Crippen LogP contribution is 2.18. The molecule has 4 nitrogen and oxygen atoms in total. The number of hydrogen-bond acceptors (Lipinski definition) is 2. The molecule has 0 aliphatic heterocycles. The Morgan fingerprint density at radius 1 is 1.33 bits per heavy atom. The van der Waals surface area contributed by atoms with Crippen molar-refractivity contribution in [2.75, 3.05) is 7.05 Å². The molecule has 1 fully saturated rings. The van der Waals surface area contributed by atoms with E-state index in [1.54, 1.807) is 24.1 Å². The van der Waals surface area contributed by atoms with Crippen molar-refractivity contribution in [3.8, 4) is 5.75 Å². The number of nitrogens with zero attached hydrogens (tertiary/aromatic N) is 1. The number of benzene rings is 1. The van der Waals surface area contributed by atoms with Crippen LogP contribution in [0.3, 0.4) is 0 Å². The first-order chi connectivity index (χ1) is 10.0. The minimum Gasteiger partial charge on any atom is -0.435 e. The van der Waals surface area contributed by atoms with E-state index in [-0.39, 0.29) is 17.8 Å². The first kappa shape index (κ1) is 15.5. The van der Waals surface area contributed by atoms with Crippen LogP contribution in [0, 0.1) is 0 Å². The van der Waals surface area contributed by atoms with Gasteiger partial charge in [0.05, 0.1) is 0 Å². The van der Waals surface area contributed by atoms with Crippen LogP contribution in [-0.2, 0) is 6.54 Å². The van der Waals surface area contributed by atoms with E-state index >= 15 is 0 Å². The van der Waals surface area contributed by atoms with E-state index in [1.165, 1.54) is 25.0 Å². The molecule has 0 heterocycles. The molecule has 0 saturated heterocycles. The predicted octanol–water partition coefficient (Wildman–Crippen LogP) is 3.37. The Morgan fingerprint density at radius 2 is 1.95 bits per heavy atom. The maximum Gasteiger partial charge on any atom is 0.387 e. The fourth-order valence-corrected chi connectivity index (χ4v) is 2.48. The van der Waals surface area contributed by atoms with Gasteiger partial charge in [-0.15, -0.1) is 0 Å². The van der Waals surface area contributed by atoms with Gasteiger partial charge in [-0.2, -0.15) is 8.78 Å². The van der Waals surface area contributed by atoms with Gasteiger partial charge in [0.2, 0.25) is 0 Å².